The molecule has 7 heteroatoms. The molecule has 0 bridgehead atoms. The average molecular weight is 496 g/mol. The lowest BCUT2D eigenvalue weighted by atomic mass is 10.0. The smallest absolute Gasteiger partial charge is 0.338 e. The largest absolute Gasteiger partial charge is 0.394 e. The summed E-state index contributed by atoms with van der Waals surface area (Å²) in [5.41, 5.74) is 1.70. The quantitative estimate of drug-likeness (QED) is 0.288. The summed E-state index contributed by atoms with van der Waals surface area (Å²) in [5, 5.41) is 10.4. The van der Waals surface area contributed by atoms with E-state index in [1.54, 1.807) is 18.7 Å². The van der Waals surface area contributed by atoms with Crippen LogP contribution in [0, 0.1) is 0 Å². The molecule has 0 aliphatic heterocycles. The van der Waals surface area contributed by atoms with Crippen LogP contribution in [-0.4, -0.2) is 35.7 Å². The Morgan fingerprint density at radius 3 is 1.80 bits per heavy atom. The van der Waals surface area contributed by atoms with Crippen molar-refractivity contribution >= 4 is 13.5 Å². The van der Waals surface area contributed by atoms with Gasteiger partial charge in [0.25, 0.3) is 0 Å². The molecule has 3 rings (SSSR count). The highest BCUT2D eigenvalue weighted by atomic mass is 31.2. The van der Waals surface area contributed by atoms with Crippen molar-refractivity contribution < 1.29 is 23.5 Å². The number of carbonyl (C=O) groups is 1. The van der Waals surface area contributed by atoms with Gasteiger partial charge in [0.05, 0.1) is 31.5 Å². The molecule has 186 valence electrons. The molecule has 1 N–H and O–H groups in total. The number of aliphatic hydroxyl groups excluding tert-OH is 1. The minimum atomic E-state index is -3.65. The number of hydrogen-bond donors (Lipinski definition) is 1. The molecule has 0 aliphatic carbocycles. The highest BCUT2D eigenvalue weighted by Gasteiger charge is 2.40. The lowest BCUT2D eigenvalue weighted by Gasteiger charge is -2.34. The second-order valence-corrected chi connectivity index (χ2v) is 10.3. The SMILES string of the molecule is CCOP(=O)(OCC)[C@@H](CC(=O)N(Cc1ccccc1)[C@@H](CO)c1ccccc1)c1ccccc1. The van der Waals surface area contributed by atoms with Crippen molar-refractivity contribution in [2.24, 2.45) is 0 Å². The summed E-state index contributed by atoms with van der Waals surface area (Å²) in [7, 11) is -3.65. The number of nitrogens with zero attached hydrogens (tertiary/aromatic N) is 1. The molecular weight excluding hydrogens is 461 g/mol. The lowest BCUT2D eigenvalue weighted by Crippen LogP contribution is -2.37. The van der Waals surface area contributed by atoms with Crippen LogP contribution in [0.3, 0.4) is 0 Å². The van der Waals surface area contributed by atoms with E-state index in [9.17, 15) is 14.5 Å². The van der Waals surface area contributed by atoms with Gasteiger partial charge in [-0.3, -0.25) is 9.36 Å². The van der Waals surface area contributed by atoms with Gasteiger partial charge in [-0.15, -0.1) is 0 Å². The third-order valence-electron chi connectivity index (χ3n) is 5.80. The zero-order valence-electron chi connectivity index (χ0n) is 20.3. The average Bonchev–Trinajstić information content (AvgIpc) is 2.89. The van der Waals surface area contributed by atoms with Crippen LogP contribution in [0.2, 0.25) is 0 Å². The van der Waals surface area contributed by atoms with Crippen LogP contribution >= 0.6 is 7.60 Å². The van der Waals surface area contributed by atoms with E-state index in [1.165, 1.54) is 0 Å². The van der Waals surface area contributed by atoms with Crippen LogP contribution in [0.1, 0.15) is 48.7 Å². The monoisotopic (exact) mass is 495 g/mol. The Bertz CT molecular complexity index is 1070. The maximum absolute atomic E-state index is 13.9. The number of aliphatic hydroxyl groups is 1. The van der Waals surface area contributed by atoms with Gasteiger partial charge >= 0.3 is 7.60 Å². The van der Waals surface area contributed by atoms with Crippen LogP contribution in [0.25, 0.3) is 0 Å². The molecule has 3 aromatic rings. The Hall–Kier alpha value is -2.76. The number of benzene rings is 3. The highest BCUT2D eigenvalue weighted by molar-refractivity contribution is 7.54. The number of rotatable bonds is 13. The molecule has 0 heterocycles. The molecule has 1 amide bonds. The number of carbonyl (C=O) groups excluding carboxylic acids is 1. The number of amides is 1. The summed E-state index contributed by atoms with van der Waals surface area (Å²) >= 11 is 0. The third kappa shape index (κ3) is 7.12. The Balaban J connectivity index is 2.01. The fraction of sp³-hybridized carbons (Fsp3) is 0.321. The highest BCUT2D eigenvalue weighted by Crippen LogP contribution is 2.62. The van der Waals surface area contributed by atoms with E-state index in [-0.39, 0.29) is 32.1 Å². The van der Waals surface area contributed by atoms with E-state index in [0.29, 0.717) is 12.1 Å². The van der Waals surface area contributed by atoms with Gasteiger partial charge in [0.15, 0.2) is 0 Å². The van der Waals surface area contributed by atoms with Crippen LogP contribution in [0.4, 0.5) is 0 Å². The lowest BCUT2D eigenvalue weighted by molar-refractivity contribution is -0.135. The number of hydrogen-bond acceptors (Lipinski definition) is 5. The molecule has 3 aromatic carbocycles. The predicted molar refractivity (Wildman–Crippen MR) is 138 cm³/mol. The molecule has 35 heavy (non-hydrogen) atoms. The van der Waals surface area contributed by atoms with Gasteiger partial charge in [-0.05, 0) is 30.5 Å². The van der Waals surface area contributed by atoms with Crippen LogP contribution in [0.5, 0.6) is 0 Å². The topological polar surface area (TPSA) is 76.1 Å². The van der Waals surface area contributed by atoms with Crippen molar-refractivity contribution in [3.63, 3.8) is 0 Å². The summed E-state index contributed by atoms with van der Waals surface area (Å²) in [5.74, 6) is -0.245. The second-order valence-electron chi connectivity index (χ2n) is 8.12. The molecule has 0 saturated carbocycles. The molecule has 0 aliphatic rings. The molecule has 0 saturated heterocycles. The minimum Gasteiger partial charge on any atom is -0.394 e. The summed E-state index contributed by atoms with van der Waals surface area (Å²) in [6.07, 6.45) is -0.0859. The van der Waals surface area contributed by atoms with Gasteiger partial charge in [0.2, 0.25) is 5.91 Å². The third-order valence-corrected chi connectivity index (χ3v) is 8.28. The Labute approximate surface area is 208 Å². The van der Waals surface area contributed by atoms with Crippen LogP contribution < -0.4 is 0 Å². The first-order valence-electron chi connectivity index (χ1n) is 11.9. The first kappa shape index (κ1) is 26.8. The van der Waals surface area contributed by atoms with Gasteiger partial charge in [-0.1, -0.05) is 91.0 Å². The van der Waals surface area contributed by atoms with E-state index in [2.05, 4.69) is 0 Å². The van der Waals surface area contributed by atoms with Crippen molar-refractivity contribution in [2.75, 3.05) is 19.8 Å². The summed E-state index contributed by atoms with van der Waals surface area (Å²) in [6, 6.07) is 27.8. The van der Waals surface area contributed by atoms with E-state index >= 15 is 0 Å². The normalized spacial score (nSPS) is 13.2. The van der Waals surface area contributed by atoms with Gasteiger partial charge in [0.1, 0.15) is 0 Å². The van der Waals surface area contributed by atoms with Gasteiger partial charge < -0.3 is 19.1 Å². The van der Waals surface area contributed by atoms with Crippen LogP contribution in [0.15, 0.2) is 91.0 Å². The van der Waals surface area contributed by atoms with Crippen molar-refractivity contribution in [1.29, 1.82) is 0 Å². The molecule has 0 radical (unpaired) electrons. The zero-order valence-corrected chi connectivity index (χ0v) is 21.2. The molecule has 2 atom stereocenters. The van der Waals surface area contributed by atoms with Crippen LogP contribution in [-0.2, 0) is 25.0 Å². The van der Waals surface area contributed by atoms with Crippen molar-refractivity contribution in [3.05, 3.63) is 108 Å². The predicted octanol–water partition coefficient (Wildman–Crippen LogP) is 6.15. The maximum atomic E-state index is 13.9. The summed E-state index contributed by atoms with van der Waals surface area (Å²) in [4.78, 5) is 15.6. The maximum Gasteiger partial charge on any atom is 0.338 e. The van der Waals surface area contributed by atoms with E-state index < -0.39 is 19.3 Å². The standard InChI is InChI=1S/C28H34NO5P/c1-3-33-35(32,34-4-2)27(25-18-12-7-13-19-25)20-28(31)29(21-23-14-8-5-9-15-23)26(22-30)24-16-10-6-11-17-24/h5-19,26-27,30H,3-4,20-22H2,1-2H3/t26-,27-/m0/s1. The molecule has 0 aromatic heterocycles. The first-order chi connectivity index (χ1) is 17.0. The molecule has 0 fully saturated rings. The van der Waals surface area contributed by atoms with Crippen molar-refractivity contribution in [1.82, 2.24) is 4.90 Å². The minimum absolute atomic E-state index is 0.0859. The van der Waals surface area contributed by atoms with Crippen molar-refractivity contribution in [2.45, 2.75) is 38.5 Å². The molecule has 0 unspecified atom stereocenters. The molecule has 0 spiro atoms. The Morgan fingerprint density at radius 1 is 0.829 bits per heavy atom. The van der Waals surface area contributed by atoms with E-state index in [4.69, 9.17) is 9.05 Å². The van der Waals surface area contributed by atoms with Crippen molar-refractivity contribution in [3.8, 4) is 0 Å². The first-order valence-corrected chi connectivity index (χ1v) is 13.6. The molecular formula is C28H34NO5P. The fourth-order valence-corrected chi connectivity index (χ4v) is 6.23. The summed E-state index contributed by atoms with van der Waals surface area (Å²) in [6.45, 7) is 3.97. The second kappa shape index (κ2) is 13.4. The Kier molecular flexibility index (Phi) is 10.2. The van der Waals surface area contributed by atoms with E-state index in [1.807, 2.05) is 91.0 Å². The van der Waals surface area contributed by atoms with E-state index in [0.717, 1.165) is 11.1 Å². The van der Waals surface area contributed by atoms with Gasteiger partial charge in [-0.2, -0.15) is 0 Å². The Morgan fingerprint density at radius 2 is 1.31 bits per heavy atom. The van der Waals surface area contributed by atoms with Gasteiger partial charge in [0, 0.05) is 13.0 Å². The zero-order chi connectivity index (χ0) is 25.1. The van der Waals surface area contributed by atoms with Gasteiger partial charge in [-0.25, -0.2) is 0 Å². The fourth-order valence-electron chi connectivity index (χ4n) is 4.16. The molecule has 6 nitrogen and oxygen atoms in total. The summed E-state index contributed by atoms with van der Waals surface area (Å²) < 4.78 is 25.2.